The molecule has 66 heavy (non-hydrogen) atoms. The third-order valence-corrected chi connectivity index (χ3v) is 33.0. The molecule has 0 aliphatic carbocycles. The summed E-state index contributed by atoms with van der Waals surface area (Å²) in [5.74, 6) is 1.87. The van der Waals surface area contributed by atoms with Crippen LogP contribution in [0.15, 0.2) is 255 Å². The first-order valence-electron chi connectivity index (χ1n) is 21.6. The molecule has 9 aromatic carbocycles. The van der Waals surface area contributed by atoms with E-state index in [4.69, 9.17) is 15.0 Å². The number of rotatable bonds is 12. The van der Waals surface area contributed by atoms with Crippen LogP contribution < -0.4 is 47.7 Å². The van der Waals surface area contributed by atoms with E-state index in [-0.39, 0.29) is 0 Å². The molecule has 0 radical (unpaired) electrons. The van der Waals surface area contributed by atoms with Gasteiger partial charge in [0.2, 0.25) is 0 Å². The molecule has 0 saturated heterocycles. The van der Waals surface area contributed by atoms with Crippen LogP contribution in [-0.4, -0.2) is 60.2 Å². The first-order chi connectivity index (χ1) is 32.3. The van der Waals surface area contributed by atoms with E-state index in [0.717, 1.165) is 16.7 Å². The van der Waals surface area contributed by atoms with E-state index in [9.17, 15) is 0 Å². The van der Waals surface area contributed by atoms with Crippen molar-refractivity contribution in [1.29, 1.82) is 0 Å². The molecule has 1 aromatic heterocycles. The zero-order valence-electron chi connectivity index (χ0n) is 35.7. The topological polar surface area (TPSA) is 38.7 Å². The molecule has 9 heteroatoms. The molecule has 3 nitrogen and oxygen atoms in total. The molecule has 0 N–H and O–H groups in total. The van der Waals surface area contributed by atoms with Crippen molar-refractivity contribution < 1.29 is 0 Å². The van der Waals surface area contributed by atoms with Gasteiger partial charge in [-0.05, 0) is 0 Å². The Morgan fingerprint density at radius 1 is 0.197 bits per heavy atom. The third kappa shape index (κ3) is 8.65. The fraction of sp³-hybridized carbons (Fsp3) is 0. The first-order valence-corrected chi connectivity index (χ1v) is 33.6. The Hall–Kier alpha value is -5.16. The van der Waals surface area contributed by atoms with E-state index in [1.165, 1.54) is 47.7 Å². The number of nitrogens with zero attached hydrogens (tertiary/aromatic N) is 3. The summed E-state index contributed by atoms with van der Waals surface area (Å²) in [5.41, 5.74) is -3.40. The van der Waals surface area contributed by atoms with Crippen molar-refractivity contribution in [3.05, 3.63) is 255 Å². The first kappa shape index (κ1) is 44.7. The molecule has 0 unspecified atom stereocenters. The molecule has 10 aromatic rings. The van der Waals surface area contributed by atoms with Gasteiger partial charge in [0.05, 0.1) is 0 Å². The summed E-state index contributed by atoms with van der Waals surface area (Å²) in [4.78, 5) is 15.7. The predicted octanol–water partition coefficient (Wildman–Crippen LogP) is 9.00. The molecule has 0 saturated carbocycles. The fourth-order valence-electron chi connectivity index (χ4n) is 8.39. The normalized spacial score (nSPS) is 11.8. The molecule has 0 spiro atoms. The van der Waals surface area contributed by atoms with E-state index >= 15 is 0 Å². The molecule has 0 atom stereocenters. The standard InChI is InChI=1S/C57H42N3P3Se3/c64-61(46-19-7-1-8-20-46,47-21-9-2-10-22-47)52-37-31-43(32-38-52)55-58-56(44-33-39-53(40-34-44)62(65,48-23-11-3-12-24-48)49-25-13-4-14-26-49)60-57(59-55)45-35-41-54(42-36-45)63(66,50-27-15-5-16-28-50)51-29-17-6-18-30-51/h1-42H. The minimum absolute atomic E-state index is 0.622. The Kier molecular flexibility index (Phi) is 13.3. The minimum atomic E-state index is -2.06. The van der Waals surface area contributed by atoms with Crippen LogP contribution in [0.4, 0.5) is 0 Å². The second-order valence-corrected chi connectivity index (χ2v) is 34.4. The van der Waals surface area contributed by atoms with Crippen molar-refractivity contribution in [3.8, 4) is 34.2 Å². The summed E-state index contributed by atoms with van der Waals surface area (Å²) in [6.07, 6.45) is 0. The molecule has 1 heterocycles. The summed E-state index contributed by atoms with van der Waals surface area (Å²) in [5, 5.41) is 11.4. The molecule has 0 bridgehead atoms. The van der Waals surface area contributed by atoms with Gasteiger partial charge in [-0.25, -0.2) is 0 Å². The van der Waals surface area contributed by atoms with Crippen molar-refractivity contribution in [1.82, 2.24) is 15.0 Å². The van der Waals surface area contributed by atoms with E-state index in [1.54, 1.807) is 0 Å². The van der Waals surface area contributed by atoms with Gasteiger partial charge < -0.3 is 0 Å². The molecular weight excluding hydrogens is 1060 g/mol. The van der Waals surface area contributed by atoms with Crippen LogP contribution in [0.1, 0.15) is 0 Å². The quantitative estimate of drug-likeness (QED) is 0.0907. The van der Waals surface area contributed by atoms with Gasteiger partial charge >= 0.3 is 413 Å². The van der Waals surface area contributed by atoms with Crippen LogP contribution in [0, 0.1) is 0 Å². The summed E-state index contributed by atoms with van der Waals surface area (Å²) in [6, 6.07) is 91.2. The third-order valence-electron chi connectivity index (χ3n) is 11.8. The SMILES string of the molecule is [Se]=P(c1ccccc1)(c1ccccc1)c1ccc(-c2nc(-c3ccc(P(=[Se])(c4ccccc4)c4ccccc4)cc3)nc(-c3ccc(P(=[Se])(c4ccccc4)c4ccccc4)cc3)n2)cc1. The summed E-state index contributed by atoms with van der Waals surface area (Å²) in [6.45, 7) is 0. The van der Waals surface area contributed by atoms with Gasteiger partial charge in [0.1, 0.15) is 0 Å². The molecule has 10 rings (SSSR count). The average Bonchev–Trinajstić information content (AvgIpc) is 3.41. The zero-order chi connectivity index (χ0) is 45.0. The fourth-order valence-corrected chi connectivity index (χ4v) is 23.2. The van der Waals surface area contributed by atoms with Gasteiger partial charge in [-0.1, -0.05) is 0 Å². The zero-order valence-corrected chi connectivity index (χ0v) is 43.5. The summed E-state index contributed by atoms with van der Waals surface area (Å²) >= 11 is 11.1. The molecule has 318 valence electrons. The van der Waals surface area contributed by atoms with E-state index in [2.05, 4.69) is 300 Å². The van der Waals surface area contributed by atoms with Crippen LogP contribution in [0.2, 0.25) is 0 Å². The number of hydrogen-bond acceptors (Lipinski definition) is 3. The maximum atomic E-state index is 5.23. The van der Waals surface area contributed by atoms with Gasteiger partial charge in [-0.2, -0.15) is 0 Å². The molecule has 0 fully saturated rings. The predicted molar refractivity (Wildman–Crippen MR) is 290 cm³/mol. The van der Waals surface area contributed by atoms with Crippen molar-refractivity contribution in [2.75, 3.05) is 0 Å². The van der Waals surface area contributed by atoms with Crippen LogP contribution in [0.3, 0.4) is 0 Å². The van der Waals surface area contributed by atoms with E-state index in [1.807, 2.05) is 0 Å². The number of benzene rings is 9. The Morgan fingerprint density at radius 2 is 0.348 bits per heavy atom. The summed E-state index contributed by atoms with van der Waals surface area (Å²) < 4.78 is 0. The molecule has 0 aliphatic heterocycles. The van der Waals surface area contributed by atoms with E-state index in [0.29, 0.717) is 17.5 Å². The van der Waals surface area contributed by atoms with Crippen molar-refractivity contribution in [2.45, 2.75) is 0 Å². The monoisotopic (exact) mass is 1100 g/mol. The number of aromatic nitrogens is 3. The van der Waals surface area contributed by atoms with Gasteiger partial charge in [-0.15, -0.1) is 0 Å². The molecule has 0 amide bonds. The van der Waals surface area contributed by atoms with Gasteiger partial charge in [0.25, 0.3) is 0 Å². The van der Waals surface area contributed by atoms with Crippen molar-refractivity contribution >= 4 is 110 Å². The maximum absolute atomic E-state index is 5.23. The second kappa shape index (κ2) is 19.6. The average molecular weight is 1100 g/mol. The van der Waals surface area contributed by atoms with Crippen molar-refractivity contribution in [2.24, 2.45) is 0 Å². The van der Waals surface area contributed by atoms with Crippen LogP contribution in [0.5, 0.6) is 0 Å². The Labute approximate surface area is 410 Å². The van der Waals surface area contributed by atoms with Gasteiger partial charge in [0.15, 0.2) is 0 Å². The second-order valence-electron chi connectivity index (χ2n) is 15.8. The summed E-state index contributed by atoms with van der Waals surface area (Å²) in [7, 11) is 0. The van der Waals surface area contributed by atoms with E-state index < -0.39 is 16.5 Å². The van der Waals surface area contributed by atoms with Crippen LogP contribution in [-0.2, 0) is 0 Å². The molecular formula is C57H42N3P3Se3. The Balaban J connectivity index is 1.09. The number of hydrogen-bond donors (Lipinski definition) is 0. The van der Waals surface area contributed by atoms with Gasteiger partial charge in [0, 0.05) is 0 Å². The van der Waals surface area contributed by atoms with Crippen molar-refractivity contribution in [3.63, 3.8) is 0 Å². The van der Waals surface area contributed by atoms with Gasteiger partial charge in [-0.3, -0.25) is 0 Å². The Bertz CT molecular complexity index is 2890. The van der Waals surface area contributed by atoms with Crippen LogP contribution >= 0.6 is 16.5 Å². The molecule has 0 aliphatic rings. The van der Waals surface area contributed by atoms with Crippen LogP contribution in [0.25, 0.3) is 34.2 Å². The Morgan fingerprint density at radius 3 is 0.515 bits per heavy atom.